The number of rotatable bonds is 4. The van der Waals surface area contributed by atoms with E-state index in [1.807, 2.05) is 17.8 Å². The Kier molecular flexibility index (Phi) is 3.19. The number of aromatic nitrogens is 2. The second-order valence-corrected chi connectivity index (χ2v) is 3.10. The molecule has 0 fully saturated rings. The van der Waals surface area contributed by atoms with E-state index in [4.69, 9.17) is 5.11 Å². The summed E-state index contributed by atoms with van der Waals surface area (Å²) in [4.78, 5) is 15.1. The van der Waals surface area contributed by atoms with Gasteiger partial charge in [-0.3, -0.25) is 4.79 Å². The minimum Gasteiger partial charge on any atom is -0.386 e. The van der Waals surface area contributed by atoms with Crippen LogP contribution >= 0.6 is 0 Å². The van der Waals surface area contributed by atoms with Crippen LogP contribution in [0.15, 0.2) is 12.4 Å². The molecule has 1 aromatic rings. The molecule has 1 atom stereocenters. The zero-order valence-electron chi connectivity index (χ0n) is 7.90. The van der Waals surface area contributed by atoms with Crippen LogP contribution in [0, 0.1) is 0 Å². The Morgan fingerprint density at radius 1 is 1.77 bits per heavy atom. The molecule has 0 aromatic carbocycles. The molecule has 0 aliphatic carbocycles. The standard InChI is InChI=1S/C9H14N2O2/c1-7(12)8(13)3-4-9-10-5-6-11(9)2/h5-7,12H,3-4H2,1-2H3. The fourth-order valence-corrected chi connectivity index (χ4v) is 1.08. The molecule has 0 spiro atoms. The third-order valence-electron chi connectivity index (χ3n) is 1.98. The third-order valence-corrected chi connectivity index (χ3v) is 1.98. The van der Waals surface area contributed by atoms with Crippen molar-refractivity contribution >= 4 is 5.78 Å². The Morgan fingerprint density at radius 2 is 2.46 bits per heavy atom. The summed E-state index contributed by atoms with van der Waals surface area (Å²) in [6, 6.07) is 0. The number of hydrogen-bond acceptors (Lipinski definition) is 3. The van der Waals surface area contributed by atoms with Crippen molar-refractivity contribution in [2.75, 3.05) is 0 Å². The Labute approximate surface area is 77.2 Å². The highest BCUT2D eigenvalue weighted by molar-refractivity contribution is 5.82. The van der Waals surface area contributed by atoms with Crippen molar-refractivity contribution in [3.05, 3.63) is 18.2 Å². The molecule has 0 saturated heterocycles. The molecule has 0 saturated carbocycles. The predicted molar refractivity (Wildman–Crippen MR) is 48.2 cm³/mol. The van der Waals surface area contributed by atoms with Crippen LogP contribution in [0.3, 0.4) is 0 Å². The molecule has 0 amide bonds. The van der Waals surface area contributed by atoms with Crippen LogP contribution in [0.2, 0.25) is 0 Å². The van der Waals surface area contributed by atoms with Crippen molar-refractivity contribution in [3.63, 3.8) is 0 Å². The summed E-state index contributed by atoms with van der Waals surface area (Å²) in [5.74, 6) is 0.733. The number of aliphatic hydroxyl groups excluding tert-OH is 1. The average Bonchev–Trinajstić information content (AvgIpc) is 2.47. The van der Waals surface area contributed by atoms with Gasteiger partial charge in [0.25, 0.3) is 0 Å². The molecule has 13 heavy (non-hydrogen) atoms. The van der Waals surface area contributed by atoms with Gasteiger partial charge in [-0.15, -0.1) is 0 Å². The highest BCUT2D eigenvalue weighted by Crippen LogP contribution is 2.01. The molecule has 1 heterocycles. The summed E-state index contributed by atoms with van der Waals surface area (Å²) in [5.41, 5.74) is 0. The van der Waals surface area contributed by atoms with Gasteiger partial charge in [0.15, 0.2) is 5.78 Å². The summed E-state index contributed by atoms with van der Waals surface area (Å²) >= 11 is 0. The van der Waals surface area contributed by atoms with Gasteiger partial charge in [0.2, 0.25) is 0 Å². The summed E-state index contributed by atoms with van der Waals surface area (Å²) in [6.45, 7) is 1.49. The number of ketones is 1. The van der Waals surface area contributed by atoms with Gasteiger partial charge in [-0.1, -0.05) is 0 Å². The maximum Gasteiger partial charge on any atom is 0.161 e. The number of Topliss-reactive ketones (excluding diaryl/α,β-unsaturated/α-hetero) is 1. The van der Waals surface area contributed by atoms with E-state index in [0.717, 1.165) is 5.82 Å². The van der Waals surface area contributed by atoms with E-state index in [0.29, 0.717) is 12.8 Å². The molecule has 4 nitrogen and oxygen atoms in total. The molecule has 1 unspecified atom stereocenters. The Morgan fingerprint density at radius 3 is 2.92 bits per heavy atom. The van der Waals surface area contributed by atoms with Crippen molar-refractivity contribution in [3.8, 4) is 0 Å². The second kappa shape index (κ2) is 4.18. The van der Waals surface area contributed by atoms with E-state index in [2.05, 4.69) is 4.98 Å². The third kappa shape index (κ3) is 2.66. The van der Waals surface area contributed by atoms with Crippen molar-refractivity contribution in [1.29, 1.82) is 0 Å². The zero-order valence-corrected chi connectivity index (χ0v) is 7.90. The summed E-state index contributed by atoms with van der Waals surface area (Å²) in [6.07, 6.45) is 3.61. The Bertz CT molecular complexity index is 292. The Hall–Kier alpha value is -1.16. The smallest absolute Gasteiger partial charge is 0.161 e. The molecule has 0 aliphatic rings. The highest BCUT2D eigenvalue weighted by Gasteiger charge is 2.09. The normalized spacial score (nSPS) is 12.8. The van der Waals surface area contributed by atoms with Crippen LogP contribution in [0.25, 0.3) is 0 Å². The van der Waals surface area contributed by atoms with E-state index in [-0.39, 0.29) is 5.78 Å². The lowest BCUT2D eigenvalue weighted by molar-refractivity contribution is -0.126. The molecular weight excluding hydrogens is 168 g/mol. The lowest BCUT2D eigenvalue weighted by Crippen LogP contribution is -2.17. The number of carbonyl (C=O) groups is 1. The van der Waals surface area contributed by atoms with E-state index < -0.39 is 6.10 Å². The number of imidazole rings is 1. The van der Waals surface area contributed by atoms with Crippen LogP contribution in [-0.4, -0.2) is 26.5 Å². The molecular formula is C9H14N2O2. The lowest BCUT2D eigenvalue weighted by atomic mass is 10.1. The quantitative estimate of drug-likeness (QED) is 0.728. The van der Waals surface area contributed by atoms with Gasteiger partial charge in [0.1, 0.15) is 11.9 Å². The summed E-state index contributed by atoms with van der Waals surface area (Å²) < 4.78 is 1.87. The van der Waals surface area contributed by atoms with E-state index in [9.17, 15) is 4.79 Å². The molecule has 4 heteroatoms. The van der Waals surface area contributed by atoms with Crippen molar-refractivity contribution < 1.29 is 9.90 Å². The van der Waals surface area contributed by atoms with Crippen molar-refractivity contribution in [1.82, 2.24) is 9.55 Å². The fraction of sp³-hybridized carbons (Fsp3) is 0.556. The fourth-order valence-electron chi connectivity index (χ4n) is 1.08. The molecule has 0 radical (unpaired) electrons. The Balaban J connectivity index is 2.44. The topological polar surface area (TPSA) is 55.1 Å². The average molecular weight is 182 g/mol. The van der Waals surface area contributed by atoms with Gasteiger partial charge in [-0.25, -0.2) is 4.98 Å². The number of aliphatic hydroxyl groups is 1. The van der Waals surface area contributed by atoms with Gasteiger partial charge in [0, 0.05) is 32.3 Å². The van der Waals surface area contributed by atoms with Gasteiger partial charge in [-0.2, -0.15) is 0 Å². The zero-order chi connectivity index (χ0) is 9.84. The number of carbonyl (C=O) groups excluding carboxylic acids is 1. The summed E-state index contributed by atoms with van der Waals surface area (Å²) in [7, 11) is 1.88. The van der Waals surface area contributed by atoms with Crippen molar-refractivity contribution in [2.24, 2.45) is 7.05 Å². The number of hydrogen-bond donors (Lipinski definition) is 1. The van der Waals surface area contributed by atoms with E-state index >= 15 is 0 Å². The molecule has 0 bridgehead atoms. The second-order valence-electron chi connectivity index (χ2n) is 3.10. The van der Waals surface area contributed by atoms with E-state index in [1.165, 1.54) is 6.92 Å². The first-order valence-corrected chi connectivity index (χ1v) is 4.28. The first-order valence-electron chi connectivity index (χ1n) is 4.28. The van der Waals surface area contributed by atoms with Crippen LogP contribution in [0.1, 0.15) is 19.2 Å². The van der Waals surface area contributed by atoms with Crippen LogP contribution in [0.5, 0.6) is 0 Å². The number of aryl methyl sites for hydroxylation is 2. The monoisotopic (exact) mass is 182 g/mol. The van der Waals surface area contributed by atoms with Gasteiger partial charge in [0.05, 0.1) is 0 Å². The maximum absolute atomic E-state index is 11.1. The first-order chi connectivity index (χ1) is 6.11. The first kappa shape index (κ1) is 9.92. The largest absolute Gasteiger partial charge is 0.386 e. The van der Waals surface area contributed by atoms with Crippen LogP contribution in [-0.2, 0) is 18.3 Å². The lowest BCUT2D eigenvalue weighted by Gasteiger charge is -2.03. The molecule has 72 valence electrons. The van der Waals surface area contributed by atoms with E-state index in [1.54, 1.807) is 6.20 Å². The molecule has 1 rings (SSSR count). The summed E-state index contributed by atoms with van der Waals surface area (Å²) in [5, 5.41) is 8.94. The molecule has 1 aromatic heterocycles. The SMILES string of the molecule is CC(O)C(=O)CCc1nccn1C. The highest BCUT2D eigenvalue weighted by atomic mass is 16.3. The van der Waals surface area contributed by atoms with Crippen LogP contribution in [0.4, 0.5) is 0 Å². The van der Waals surface area contributed by atoms with Crippen LogP contribution < -0.4 is 0 Å². The predicted octanol–water partition coefficient (Wildman–Crippen LogP) is 0.303. The number of nitrogens with zero attached hydrogens (tertiary/aromatic N) is 2. The van der Waals surface area contributed by atoms with Crippen molar-refractivity contribution in [2.45, 2.75) is 25.9 Å². The molecule has 0 aliphatic heterocycles. The van der Waals surface area contributed by atoms with Gasteiger partial charge in [-0.05, 0) is 6.92 Å². The maximum atomic E-state index is 11.1. The van der Waals surface area contributed by atoms with Gasteiger partial charge < -0.3 is 9.67 Å². The minimum atomic E-state index is -0.861. The minimum absolute atomic E-state index is 0.136. The molecule has 1 N–H and O–H groups in total. The van der Waals surface area contributed by atoms with Gasteiger partial charge >= 0.3 is 0 Å².